The van der Waals surface area contributed by atoms with E-state index in [4.69, 9.17) is 56.8 Å². The topological polar surface area (TPSA) is 325 Å². The van der Waals surface area contributed by atoms with Crippen LogP contribution < -0.4 is 0 Å². The highest BCUT2D eigenvalue weighted by Gasteiger charge is 2.58. The number of carbonyl (C=O) groups excluding carboxylic acids is 9. The molecule has 6 heterocycles. The Hall–Kier alpha value is -9.09. The van der Waals surface area contributed by atoms with Gasteiger partial charge < -0.3 is 72.2 Å². The summed E-state index contributed by atoms with van der Waals surface area (Å²) in [5, 5.41) is 31.4. The molecule has 4 spiro atoms. The molecule has 2 saturated carbocycles. The SMILES string of the molecule is CCCCC1(C)OC(=O)C(C=CC=CC=C2C(=O)OC3(CCC4(CC3)OC(=O)C(=C/C=C/C=C/C3=C(O)OC5(CCC6(CC5)OC(=O)C(=C/C=C/C=C/C5=C(O)OC(C)(CCCC)OC5=O)C(=O)O6)OC3=O)C(=O)O4)OC2=O)=C(O)O1. The average molecular weight is 1130 g/mol. The second-order valence-corrected chi connectivity index (χ2v) is 20.1. The molecule has 8 rings (SSSR count). The molecule has 2 atom stereocenters. The van der Waals surface area contributed by atoms with E-state index in [0.717, 1.165) is 37.1 Å². The summed E-state index contributed by atoms with van der Waals surface area (Å²) in [5.74, 6) is -20.1. The first-order chi connectivity index (χ1) is 38.5. The number of hydrogen-bond acceptors (Lipinski definition) is 24. The van der Waals surface area contributed by atoms with Gasteiger partial charge in [-0.25, -0.2) is 43.2 Å². The van der Waals surface area contributed by atoms with Crippen LogP contribution in [0.25, 0.3) is 0 Å². The van der Waals surface area contributed by atoms with E-state index in [1.54, 1.807) is 13.8 Å². The van der Waals surface area contributed by atoms with Crippen LogP contribution in [-0.2, 0) is 100.0 Å². The molecule has 24 nitrogen and oxygen atoms in total. The van der Waals surface area contributed by atoms with Crippen LogP contribution in [-0.4, -0.2) is 104 Å². The van der Waals surface area contributed by atoms with Crippen molar-refractivity contribution in [1.29, 1.82) is 0 Å². The zero-order valence-corrected chi connectivity index (χ0v) is 44.5. The summed E-state index contributed by atoms with van der Waals surface area (Å²) in [6.45, 7) is 7.00. The van der Waals surface area contributed by atoms with Crippen molar-refractivity contribution in [2.24, 2.45) is 0 Å². The Morgan fingerprint density at radius 3 is 0.840 bits per heavy atom. The molecule has 24 heteroatoms. The van der Waals surface area contributed by atoms with Crippen LogP contribution >= 0.6 is 0 Å². The highest BCUT2D eigenvalue weighted by atomic mass is 16.8. The highest BCUT2D eigenvalue weighted by Crippen LogP contribution is 2.47. The molecule has 2 unspecified atom stereocenters. The third-order valence-electron chi connectivity index (χ3n) is 13.9. The van der Waals surface area contributed by atoms with Gasteiger partial charge in [-0.2, -0.15) is 0 Å². The molecular weight excluding hydrogens is 1070 g/mol. The molecule has 5 fully saturated rings. The van der Waals surface area contributed by atoms with Crippen LogP contribution in [0.1, 0.15) is 118 Å². The number of cyclic esters (lactones) is 2. The van der Waals surface area contributed by atoms with Crippen molar-refractivity contribution in [2.75, 3.05) is 0 Å². The second-order valence-electron chi connectivity index (χ2n) is 20.1. The van der Waals surface area contributed by atoms with Crippen molar-refractivity contribution in [3.8, 4) is 0 Å². The van der Waals surface area contributed by atoms with Crippen LogP contribution in [0.2, 0.25) is 0 Å². The van der Waals surface area contributed by atoms with Gasteiger partial charge in [0.15, 0.2) is 0 Å². The lowest BCUT2D eigenvalue weighted by Crippen LogP contribution is -2.56. The molecule has 0 bridgehead atoms. The first-order valence-electron chi connectivity index (χ1n) is 26.1. The Morgan fingerprint density at radius 2 is 0.580 bits per heavy atom. The zero-order valence-electron chi connectivity index (χ0n) is 44.5. The van der Waals surface area contributed by atoms with Crippen LogP contribution in [0.4, 0.5) is 0 Å². The van der Waals surface area contributed by atoms with Crippen molar-refractivity contribution in [1.82, 2.24) is 0 Å². The third kappa shape index (κ3) is 13.0. The smallest absolute Gasteiger partial charge is 0.348 e. The van der Waals surface area contributed by atoms with E-state index in [9.17, 15) is 58.5 Å². The minimum atomic E-state index is -1.75. The molecule has 0 aromatic carbocycles. The highest BCUT2D eigenvalue weighted by molar-refractivity contribution is 6.17. The molecule has 3 N–H and O–H groups in total. The monoisotopic (exact) mass is 1130 g/mol. The number of aliphatic hydroxyl groups excluding tert-OH is 3. The number of allylic oxidation sites excluding steroid dienone is 12. The van der Waals surface area contributed by atoms with Gasteiger partial charge in [-0.05, 0) is 49.3 Å². The number of esters is 9. The second kappa shape index (κ2) is 23.3. The Bertz CT molecular complexity index is 2990. The minimum Gasteiger partial charge on any atom is -0.480 e. The first kappa shape index (κ1) is 58.1. The van der Waals surface area contributed by atoms with Gasteiger partial charge in [-0.3, -0.25) is 0 Å². The van der Waals surface area contributed by atoms with E-state index in [0.29, 0.717) is 25.7 Å². The summed E-state index contributed by atoms with van der Waals surface area (Å²) < 4.78 is 66.0. The van der Waals surface area contributed by atoms with Crippen LogP contribution in [0, 0.1) is 0 Å². The van der Waals surface area contributed by atoms with Gasteiger partial charge in [0.25, 0.3) is 52.6 Å². The van der Waals surface area contributed by atoms with Gasteiger partial charge in [-0.15, -0.1) is 0 Å². The van der Waals surface area contributed by atoms with Gasteiger partial charge in [-0.1, -0.05) is 81.4 Å². The van der Waals surface area contributed by atoms with Crippen LogP contribution in [0.5, 0.6) is 0 Å². The summed E-state index contributed by atoms with van der Waals surface area (Å²) in [7, 11) is 0. The van der Waals surface area contributed by atoms with Gasteiger partial charge in [0.2, 0.25) is 0 Å². The van der Waals surface area contributed by atoms with Crippen LogP contribution in [0.15, 0.2) is 142 Å². The molecular formula is C57H58O24. The lowest BCUT2D eigenvalue weighted by atomic mass is 9.87. The molecule has 2 aliphatic carbocycles. The largest absolute Gasteiger partial charge is 0.480 e. The van der Waals surface area contributed by atoms with Gasteiger partial charge >= 0.3 is 53.7 Å². The average Bonchev–Trinajstić information content (AvgIpc) is 3.38. The predicted octanol–water partition coefficient (Wildman–Crippen LogP) is 7.18. The maximum Gasteiger partial charge on any atom is 0.348 e. The fourth-order valence-electron chi connectivity index (χ4n) is 9.43. The molecule has 81 heavy (non-hydrogen) atoms. The quantitative estimate of drug-likeness (QED) is 0.0480. The Kier molecular flexibility index (Phi) is 16.7. The predicted molar refractivity (Wildman–Crippen MR) is 270 cm³/mol. The fourth-order valence-corrected chi connectivity index (χ4v) is 9.43. The maximum absolute atomic E-state index is 13.1. The summed E-state index contributed by atoms with van der Waals surface area (Å²) in [6.07, 6.45) is 21.2. The molecule has 3 saturated heterocycles. The van der Waals surface area contributed by atoms with Crippen molar-refractivity contribution < 1.29 is 115 Å². The van der Waals surface area contributed by atoms with Gasteiger partial charge in [0, 0.05) is 78.1 Å². The number of carbonyl (C=O) groups is 9. The van der Waals surface area contributed by atoms with Crippen LogP contribution in [0.3, 0.4) is 0 Å². The van der Waals surface area contributed by atoms with E-state index in [-0.39, 0.29) is 68.1 Å². The fraction of sp³-hybridized carbons (Fsp3) is 0.421. The van der Waals surface area contributed by atoms with E-state index in [1.165, 1.54) is 66.8 Å². The summed E-state index contributed by atoms with van der Waals surface area (Å²) in [6, 6.07) is 0. The molecule has 6 aliphatic heterocycles. The number of unbranched alkanes of at least 4 members (excludes halogenated alkanes) is 2. The molecule has 0 aromatic rings. The molecule has 0 amide bonds. The third-order valence-corrected chi connectivity index (χ3v) is 13.9. The Balaban J connectivity index is 0.780. The Labute approximate surface area is 462 Å². The summed E-state index contributed by atoms with van der Waals surface area (Å²) in [4.78, 5) is 116. The maximum atomic E-state index is 13.1. The van der Waals surface area contributed by atoms with E-state index in [2.05, 4.69) is 0 Å². The number of hydrogen-bond donors (Lipinski definition) is 3. The summed E-state index contributed by atoms with van der Waals surface area (Å²) in [5.41, 5.74) is -2.22. The minimum absolute atomic E-state index is 0.164. The molecule has 0 aromatic heterocycles. The number of aliphatic hydroxyl groups is 3. The normalized spacial score (nSPS) is 31.0. The standard InChI is InChI=1S/C57H58O24/c1-5-7-24-52(3)70-40(58)34(41(59)71-52)18-12-9-14-20-36-44(62)74-54(75-45(36)63)26-30-56(31-27-54)78-48(66)38(49(67)79-56)22-16-11-17-23-39-50(68)80-57(81-51(39)69)32-28-55(29-33-57)76-46(64)37(47(65)77-55)21-15-10-13-19-35-42(60)72-53(4,25-8-6-2)73-43(35)61/h9-23,58,60,66H,5-8,24-33H2,1-4H3/b14-9+,15-10?,17-11+,18-12+,19-13?,22-16+,36-20?,37-21?,39-23?. The molecule has 0 radical (unpaired) electrons. The Morgan fingerprint density at radius 1 is 0.333 bits per heavy atom. The molecule has 8 aliphatic rings. The van der Waals surface area contributed by atoms with Crippen molar-refractivity contribution in [2.45, 2.75) is 152 Å². The van der Waals surface area contributed by atoms with Crippen molar-refractivity contribution in [3.05, 3.63) is 142 Å². The van der Waals surface area contributed by atoms with Crippen molar-refractivity contribution >= 4 is 53.7 Å². The van der Waals surface area contributed by atoms with E-state index in [1.807, 2.05) is 13.8 Å². The van der Waals surface area contributed by atoms with Crippen molar-refractivity contribution in [3.63, 3.8) is 0 Å². The van der Waals surface area contributed by atoms with Gasteiger partial charge in [0.05, 0.1) is 0 Å². The lowest BCUT2D eigenvalue weighted by molar-refractivity contribution is -0.297. The molecule has 430 valence electrons. The number of ether oxygens (including phenoxy) is 12. The van der Waals surface area contributed by atoms with E-state index < -0.39 is 123 Å². The van der Waals surface area contributed by atoms with E-state index >= 15 is 0 Å². The first-order valence-corrected chi connectivity index (χ1v) is 26.1. The van der Waals surface area contributed by atoms with Gasteiger partial charge in [0.1, 0.15) is 33.4 Å². The number of rotatable bonds is 15. The zero-order chi connectivity index (χ0) is 58.4. The summed E-state index contributed by atoms with van der Waals surface area (Å²) >= 11 is 0. The lowest BCUT2D eigenvalue weighted by Gasteiger charge is -2.46.